The summed E-state index contributed by atoms with van der Waals surface area (Å²) in [5, 5.41) is 13.7. The van der Waals surface area contributed by atoms with Crippen LogP contribution >= 0.6 is 15.9 Å². The van der Waals surface area contributed by atoms with Gasteiger partial charge in [-0.25, -0.2) is 4.68 Å². The largest absolute Gasteiger partial charge is 0.481 e. The molecule has 0 unspecified atom stereocenters. The molecule has 1 aromatic carbocycles. The molecule has 0 saturated carbocycles. The number of aromatic nitrogens is 2. The lowest BCUT2D eigenvalue weighted by Gasteiger charge is -2.09. The van der Waals surface area contributed by atoms with Crippen LogP contribution in [0.25, 0.3) is 5.69 Å². The molecule has 2 rings (SSSR count). The van der Waals surface area contributed by atoms with Crippen molar-refractivity contribution < 1.29 is 9.90 Å². The van der Waals surface area contributed by atoms with Crippen LogP contribution in [0, 0.1) is 0 Å². The van der Waals surface area contributed by atoms with Crippen LogP contribution in [0.2, 0.25) is 0 Å². The standard InChI is InChI=1S/C15H17BrN2O2/c1-3-12-10(9-15(19)20)13(4-2)18(17-12)14-8-6-5-7-11(14)16/h5-8H,3-4,9H2,1-2H3,(H,19,20). The number of carbonyl (C=O) groups is 1. The van der Waals surface area contributed by atoms with Crippen LogP contribution in [-0.2, 0) is 24.1 Å². The summed E-state index contributed by atoms with van der Waals surface area (Å²) in [5.74, 6) is -0.818. The van der Waals surface area contributed by atoms with E-state index in [-0.39, 0.29) is 6.42 Å². The van der Waals surface area contributed by atoms with Crippen molar-refractivity contribution in [2.75, 3.05) is 0 Å². The molecule has 0 aliphatic carbocycles. The van der Waals surface area contributed by atoms with E-state index in [4.69, 9.17) is 5.11 Å². The highest BCUT2D eigenvalue weighted by Gasteiger charge is 2.19. The minimum absolute atomic E-state index is 0.0246. The normalized spacial score (nSPS) is 10.8. The fourth-order valence-corrected chi connectivity index (χ4v) is 2.81. The van der Waals surface area contributed by atoms with Gasteiger partial charge in [0.25, 0.3) is 0 Å². The summed E-state index contributed by atoms with van der Waals surface area (Å²) < 4.78 is 2.81. The fourth-order valence-electron chi connectivity index (χ4n) is 2.36. The van der Waals surface area contributed by atoms with E-state index in [2.05, 4.69) is 21.0 Å². The van der Waals surface area contributed by atoms with Gasteiger partial charge < -0.3 is 5.11 Å². The summed E-state index contributed by atoms with van der Waals surface area (Å²) in [5.41, 5.74) is 3.62. The number of hydrogen-bond donors (Lipinski definition) is 1. The zero-order valence-corrected chi connectivity index (χ0v) is 13.1. The van der Waals surface area contributed by atoms with Crippen LogP contribution in [0.15, 0.2) is 28.7 Å². The third-order valence-electron chi connectivity index (χ3n) is 3.25. The van der Waals surface area contributed by atoms with E-state index in [1.165, 1.54) is 0 Å². The van der Waals surface area contributed by atoms with Gasteiger partial charge >= 0.3 is 5.97 Å². The Bertz CT molecular complexity index is 635. The van der Waals surface area contributed by atoms with Crippen LogP contribution in [0.3, 0.4) is 0 Å². The van der Waals surface area contributed by atoms with E-state index in [0.29, 0.717) is 0 Å². The molecule has 0 fully saturated rings. The summed E-state index contributed by atoms with van der Waals surface area (Å²) in [6.45, 7) is 4.02. The molecule has 0 bridgehead atoms. The number of aryl methyl sites for hydroxylation is 1. The average Bonchev–Trinajstić information content (AvgIpc) is 2.76. The number of halogens is 1. The van der Waals surface area contributed by atoms with E-state index in [1.54, 1.807) is 0 Å². The van der Waals surface area contributed by atoms with E-state index in [0.717, 1.165) is 40.0 Å². The average molecular weight is 337 g/mol. The van der Waals surface area contributed by atoms with E-state index in [1.807, 2.05) is 42.8 Å². The van der Waals surface area contributed by atoms with Gasteiger partial charge in [-0.15, -0.1) is 0 Å². The molecular formula is C15H17BrN2O2. The van der Waals surface area contributed by atoms with E-state index in [9.17, 15) is 4.79 Å². The molecule has 106 valence electrons. The van der Waals surface area contributed by atoms with Gasteiger partial charge in [0.15, 0.2) is 0 Å². The number of rotatable bonds is 5. The highest BCUT2D eigenvalue weighted by Crippen LogP contribution is 2.25. The molecule has 0 amide bonds. The second kappa shape index (κ2) is 6.22. The van der Waals surface area contributed by atoms with Gasteiger partial charge in [-0.05, 0) is 40.9 Å². The Balaban J connectivity index is 2.62. The first-order valence-electron chi connectivity index (χ1n) is 6.64. The molecule has 20 heavy (non-hydrogen) atoms. The minimum Gasteiger partial charge on any atom is -0.481 e. The molecular weight excluding hydrogens is 320 g/mol. The summed E-state index contributed by atoms with van der Waals surface area (Å²) in [6.07, 6.45) is 1.50. The van der Waals surface area contributed by atoms with E-state index >= 15 is 0 Å². The van der Waals surface area contributed by atoms with Crippen molar-refractivity contribution in [2.45, 2.75) is 33.1 Å². The molecule has 0 aliphatic heterocycles. The van der Waals surface area contributed by atoms with Crippen LogP contribution in [0.4, 0.5) is 0 Å². The molecule has 0 saturated heterocycles. The first-order valence-corrected chi connectivity index (χ1v) is 7.44. The van der Waals surface area contributed by atoms with Crippen molar-refractivity contribution >= 4 is 21.9 Å². The van der Waals surface area contributed by atoms with Crippen LogP contribution in [0.1, 0.15) is 30.8 Å². The van der Waals surface area contributed by atoms with Gasteiger partial charge in [0.05, 0.1) is 17.8 Å². The lowest BCUT2D eigenvalue weighted by molar-refractivity contribution is -0.136. The Morgan fingerprint density at radius 1 is 1.30 bits per heavy atom. The highest BCUT2D eigenvalue weighted by atomic mass is 79.9. The molecule has 1 aromatic heterocycles. The maximum Gasteiger partial charge on any atom is 0.307 e. The highest BCUT2D eigenvalue weighted by molar-refractivity contribution is 9.10. The lowest BCUT2D eigenvalue weighted by Crippen LogP contribution is -2.06. The molecule has 0 atom stereocenters. The Morgan fingerprint density at radius 3 is 2.55 bits per heavy atom. The summed E-state index contributed by atoms with van der Waals surface area (Å²) in [7, 11) is 0. The molecule has 0 aliphatic rings. The zero-order chi connectivity index (χ0) is 14.7. The number of nitrogens with zero attached hydrogens (tertiary/aromatic N) is 2. The molecule has 1 heterocycles. The third kappa shape index (κ3) is 2.77. The number of carboxylic acid groups (broad SMARTS) is 1. The van der Waals surface area contributed by atoms with Crippen molar-refractivity contribution in [2.24, 2.45) is 0 Å². The molecule has 5 heteroatoms. The summed E-state index contributed by atoms with van der Waals surface area (Å²) in [4.78, 5) is 11.1. The number of benzene rings is 1. The van der Waals surface area contributed by atoms with Gasteiger partial charge in [0.1, 0.15) is 0 Å². The van der Waals surface area contributed by atoms with Crippen LogP contribution < -0.4 is 0 Å². The van der Waals surface area contributed by atoms with Crippen molar-refractivity contribution in [3.63, 3.8) is 0 Å². The van der Waals surface area contributed by atoms with Crippen molar-refractivity contribution in [3.05, 3.63) is 45.7 Å². The first kappa shape index (κ1) is 14.8. The maximum absolute atomic E-state index is 11.1. The fraction of sp³-hybridized carbons (Fsp3) is 0.333. The van der Waals surface area contributed by atoms with Gasteiger partial charge in [-0.2, -0.15) is 5.10 Å². The minimum atomic E-state index is -0.818. The Morgan fingerprint density at radius 2 is 2.00 bits per heavy atom. The van der Waals surface area contributed by atoms with Gasteiger partial charge in [0, 0.05) is 15.7 Å². The number of aliphatic carboxylic acids is 1. The smallest absolute Gasteiger partial charge is 0.307 e. The SMILES string of the molecule is CCc1nn(-c2ccccc2Br)c(CC)c1CC(=O)O. The van der Waals surface area contributed by atoms with Gasteiger partial charge in [-0.3, -0.25) is 4.79 Å². The number of hydrogen-bond acceptors (Lipinski definition) is 2. The second-order valence-corrected chi connectivity index (χ2v) is 5.37. The predicted molar refractivity (Wildman–Crippen MR) is 81.4 cm³/mol. The van der Waals surface area contributed by atoms with Crippen molar-refractivity contribution in [1.82, 2.24) is 9.78 Å². The number of carboxylic acids is 1. The monoisotopic (exact) mass is 336 g/mol. The zero-order valence-electron chi connectivity index (χ0n) is 11.6. The quantitative estimate of drug-likeness (QED) is 0.910. The van der Waals surface area contributed by atoms with Crippen LogP contribution in [0.5, 0.6) is 0 Å². The number of para-hydroxylation sites is 1. The van der Waals surface area contributed by atoms with Crippen LogP contribution in [-0.4, -0.2) is 20.9 Å². The first-order chi connectivity index (χ1) is 9.58. The predicted octanol–water partition coefficient (Wildman–Crippen LogP) is 3.39. The maximum atomic E-state index is 11.1. The third-order valence-corrected chi connectivity index (χ3v) is 3.92. The van der Waals surface area contributed by atoms with Gasteiger partial charge in [0.2, 0.25) is 0 Å². The van der Waals surface area contributed by atoms with Gasteiger partial charge in [-0.1, -0.05) is 26.0 Å². The second-order valence-electron chi connectivity index (χ2n) is 4.51. The molecule has 4 nitrogen and oxygen atoms in total. The Labute approximate surface area is 126 Å². The van der Waals surface area contributed by atoms with E-state index < -0.39 is 5.97 Å². The van der Waals surface area contributed by atoms with Crippen molar-refractivity contribution in [3.8, 4) is 5.69 Å². The Kier molecular flexibility index (Phi) is 4.60. The topological polar surface area (TPSA) is 55.1 Å². The molecule has 2 aromatic rings. The molecule has 0 radical (unpaired) electrons. The Hall–Kier alpha value is -1.62. The molecule has 1 N–H and O–H groups in total. The summed E-state index contributed by atoms with van der Waals surface area (Å²) in [6, 6.07) is 7.82. The van der Waals surface area contributed by atoms with Crippen molar-refractivity contribution in [1.29, 1.82) is 0 Å². The summed E-state index contributed by atoms with van der Waals surface area (Å²) >= 11 is 3.53. The molecule has 0 spiro atoms. The lowest BCUT2D eigenvalue weighted by atomic mass is 10.1.